The number of amides is 2. The fourth-order valence-electron chi connectivity index (χ4n) is 1.76. The van der Waals surface area contributed by atoms with Gasteiger partial charge in [-0.3, -0.25) is 14.4 Å². The van der Waals surface area contributed by atoms with Gasteiger partial charge in [-0.2, -0.15) is 0 Å². The number of hydrogen-bond acceptors (Lipinski definition) is 4. The van der Waals surface area contributed by atoms with Crippen LogP contribution in [0.15, 0.2) is 24.3 Å². The van der Waals surface area contributed by atoms with E-state index in [0.29, 0.717) is 24.4 Å². The highest BCUT2D eigenvalue weighted by molar-refractivity contribution is 5.94. The van der Waals surface area contributed by atoms with Gasteiger partial charge in [-0.05, 0) is 38.1 Å². The summed E-state index contributed by atoms with van der Waals surface area (Å²) in [5.41, 5.74) is 0.548. The summed E-state index contributed by atoms with van der Waals surface area (Å²) >= 11 is 0. The fourth-order valence-corrected chi connectivity index (χ4v) is 1.76. The quantitative estimate of drug-likeness (QED) is 0.739. The van der Waals surface area contributed by atoms with E-state index in [2.05, 4.69) is 5.32 Å². The highest BCUT2D eigenvalue weighted by atomic mass is 16.5. The molecule has 0 radical (unpaired) electrons. The van der Waals surface area contributed by atoms with Gasteiger partial charge >= 0.3 is 5.97 Å². The Morgan fingerprint density at radius 1 is 1.14 bits per heavy atom. The van der Waals surface area contributed by atoms with Crippen LogP contribution in [-0.2, 0) is 9.59 Å². The van der Waals surface area contributed by atoms with Gasteiger partial charge in [0.15, 0.2) is 6.61 Å². The second-order valence-electron chi connectivity index (χ2n) is 4.46. The first-order valence-electron chi connectivity index (χ1n) is 6.98. The summed E-state index contributed by atoms with van der Waals surface area (Å²) in [6.07, 6.45) is 0. The monoisotopic (exact) mass is 308 g/mol. The summed E-state index contributed by atoms with van der Waals surface area (Å²) in [7, 11) is 0. The average Bonchev–Trinajstić information content (AvgIpc) is 2.52. The molecule has 1 aromatic rings. The van der Waals surface area contributed by atoms with Crippen molar-refractivity contribution in [3.63, 3.8) is 0 Å². The van der Waals surface area contributed by atoms with Crippen molar-refractivity contribution in [3.05, 3.63) is 29.8 Å². The third kappa shape index (κ3) is 5.43. The largest absolute Gasteiger partial charge is 0.484 e. The molecule has 0 aliphatic heterocycles. The molecule has 0 bridgehead atoms. The second-order valence-corrected chi connectivity index (χ2v) is 4.46. The summed E-state index contributed by atoms with van der Waals surface area (Å²) in [6, 6.07) is 6.46. The predicted octanol–water partition coefficient (Wildman–Crippen LogP) is 0.748. The van der Waals surface area contributed by atoms with Gasteiger partial charge < -0.3 is 20.1 Å². The molecule has 2 amide bonds. The van der Waals surface area contributed by atoms with E-state index in [0.717, 1.165) is 0 Å². The molecule has 2 N–H and O–H groups in total. The molecule has 1 rings (SSSR count). The Hall–Kier alpha value is -2.57. The van der Waals surface area contributed by atoms with Crippen LogP contribution in [0.2, 0.25) is 0 Å². The first-order valence-corrected chi connectivity index (χ1v) is 6.98. The van der Waals surface area contributed by atoms with E-state index in [9.17, 15) is 14.4 Å². The lowest BCUT2D eigenvalue weighted by Gasteiger charge is -2.18. The molecule has 0 aromatic heterocycles. The number of benzene rings is 1. The summed E-state index contributed by atoms with van der Waals surface area (Å²) in [4.78, 5) is 35.4. The number of nitrogens with zero attached hydrogens (tertiary/aromatic N) is 1. The first-order chi connectivity index (χ1) is 10.5. The van der Waals surface area contributed by atoms with Crippen LogP contribution in [-0.4, -0.2) is 54.0 Å². The van der Waals surface area contributed by atoms with E-state index >= 15 is 0 Å². The molecule has 0 unspecified atom stereocenters. The number of carboxylic acids is 1. The number of carbonyl (C=O) groups excluding carboxylic acids is 2. The number of ether oxygens (including phenoxy) is 1. The molecule has 120 valence electrons. The molecular weight excluding hydrogens is 288 g/mol. The summed E-state index contributed by atoms with van der Waals surface area (Å²) in [5, 5.41) is 10.6. The standard InChI is InChI=1S/C15H20N2O5/c1-3-17(4-2)15(21)11-5-7-12(8-6-11)22-10-13(18)16-9-14(19)20/h5-8H,3-4,9-10H2,1-2H3,(H,16,18)(H,19,20). The molecule has 7 heteroatoms. The predicted molar refractivity (Wildman–Crippen MR) is 79.8 cm³/mol. The molecule has 22 heavy (non-hydrogen) atoms. The van der Waals surface area contributed by atoms with Crippen molar-refractivity contribution in [2.75, 3.05) is 26.2 Å². The minimum atomic E-state index is -1.12. The Morgan fingerprint density at radius 3 is 2.23 bits per heavy atom. The molecule has 1 aromatic carbocycles. The van der Waals surface area contributed by atoms with Crippen molar-refractivity contribution < 1.29 is 24.2 Å². The van der Waals surface area contributed by atoms with Crippen LogP contribution in [0.25, 0.3) is 0 Å². The van der Waals surface area contributed by atoms with Crippen LogP contribution in [0.5, 0.6) is 5.75 Å². The highest BCUT2D eigenvalue weighted by Crippen LogP contribution is 2.13. The van der Waals surface area contributed by atoms with Crippen LogP contribution in [0, 0.1) is 0 Å². The van der Waals surface area contributed by atoms with Crippen LogP contribution in [0.1, 0.15) is 24.2 Å². The van der Waals surface area contributed by atoms with Crippen LogP contribution >= 0.6 is 0 Å². The summed E-state index contributed by atoms with van der Waals surface area (Å²) in [5.74, 6) is -1.27. The van der Waals surface area contributed by atoms with Crippen LogP contribution < -0.4 is 10.1 Å². The Bertz CT molecular complexity index is 523. The number of hydrogen-bond donors (Lipinski definition) is 2. The fraction of sp³-hybridized carbons (Fsp3) is 0.400. The Labute approximate surface area is 128 Å². The second kappa shape index (κ2) is 8.66. The topological polar surface area (TPSA) is 95.9 Å². The van der Waals surface area contributed by atoms with Gasteiger partial charge in [0.25, 0.3) is 11.8 Å². The normalized spacial score (nSPS) is 9.91. The van der Waals surface area contributed by atoms with E-state index in [1.807, 2.05) is 13.8 Å². The number of nitrogens with one attached hydrogen (secondary N) is 1. The molecule has 0 aliphatic rings. The number of aliphatic carboxylic acids is 1. The number of carboxylic acid groups (broad SMARTS) is 1. The molecule has 0 fully saturated rings. The molecule has 0 saturated heterocycles. The maximum absolute atomic E-state index is 12.1. The third-order valence-corrected chi connectivity index (χ3v) is 2.96. The average molecular weight is 308 g/mol. The van der Waals surface area contributed by atoms with E-state index in [1.54, 1.807) is 29.2 Å². The summed E-state index contributed by atoms with van der Waals surface area (Å²) in [6.45, 7) is 4.37. The van der Waals surface area contributed by atoms with Crippen molar-refractivity contribution in [1.82, 2.24) is 10.2 Å². The number of carbonyl (C=O) groups is 3. The van der Waals surface area contributed by atoms with Gasteiger partial charge in [-0.1, -0.05) is 0 Å². The molecule has 0 heterocycles. The SMILES string of the molecule is CCN(CC)C(=O)c1ccc(OCC(=O)NCC(=O)O)cc1. The number of rotatable bonds is 8. The maximum atomic E-state index is 12.1. The molecule has 0 atom stereocenters. The van der Waals surface area contributed by atoms with Crippen molar-refractivity contribution in [2.24, 2.45) is 0 Å². The molecular formula is C15H20N2O5. The molecule has 0 aliphatic carbocycles. The van der Waals surface area contributed by atoms with Crippen LogP contribution in [0.3, 0.4) is 0 Å². The van der Waals surface area contributed by atoms with Crippen LogP contribution in [0.4, 0.5) is 0 Å². The minimum absolute atomic E-state index is 0.0595. The Morgan fingerprint density at radius 2 is 1.73 bits per heavy atom. The minimum Gasteiger partial charge on any atom is -0.484 e. The van der Waals surface area contributed by atoms with Crippen molar-refractivity contribution in [2.45, 2.75) is 13.8 Å². The Kier molecular flexibility index (Phi) is 6.88. The maximum Gasteiger partial charge on any atom is 0.322 e. The van der Waals surface area contributed by atoms with E-state index in [-0.39, 0.29) is 12.5 Å². The smallest absolute Gasteiger partial charge is 0.322 e. The lowest BCUT2D eigenvalue weighted by atomic mass is 10.2. The van der Waals surface area contributed by atoms with Gasteiger partial charge in [-0.25, -0.2) is 0 Å². The highest BCUT2D eigenvalue weighted by Gasteiger charge is 2.12. The lowest BCUT2D eigenvalue weighted by Crippen LogP contribution is -2.33. The molecule has 7 nitrogen and oxygen atoms in total. The van der Waals surface area contributed by atoms with Crippen molar-refractivity contribution in [1.29, 1.82) is 0 Å². The first kappa shape index (κ1) is 17.5. The molecule has 0 saturated carbocycles. The van der Waals surface area contributed by atoms with Crippen molar-refractivity contribution in [3.8, 4) is 5.75 Å². The van der Waals surface area contributed by atoms with Gasteiger partial charge in [-0.15, -0.1) is 0 Å². The van der Waals surface area contributed by atoms with E-state index < -0.39 is 18.4 Å². The Balaban J connectivity index is 2.53. The molecule has 0 spiro atoms. The lowest BCUT2D eigenvalue weighted by molar-refractivity contribution is -0.138. The zero-order valence-corrected chi connectivity index (χ0v) is 12.7. The van der Waals surface area contributed by atoms with Gasteiger partial charge in [0.05, 0.1) is 0 Å². The summed E-state index contributed by atoms with van der Waals surface area (Å²) < 4.78 is 5.22. The van der Waals surface area contributed by atoms with Crippen molar-refractivity contribution >= 4 is 17.8 Å². The van der Waals surface area contributed by atoms with E-state index in [4.69, 9.17) is 9.84 Å². The zero-order valence-electron chi connectivity index (χ0n) is 12.7. The zero-order chi connectivity index (χ0) is 16.5. The van der Waals surface area contributed by atoms with Gasteiger partial charge in [0.2, 0.25) is 0 Å². The van der Waals surface area contributed by atoms with Gasteiger partial charge in [0, 0.05) is 18.7 Å². The van der Waals surface area contributed by atoms with Gasteiger partial charge in [0.1, 0.15) is 12.3 Å². The third-order valence-electron chi connectivity index (χ3n) is 2.96. The van der Waals surface area contributed by atoms with E-state index in [1.165, 1.54) is 0 Å².